The molecule has 0 atom stereocenters. The number of anilines is 1. The summed E-state index contributed by atoms with van der Waals surface area (Å²) in [4.78, 5) is 8.80. The molecular weight excluding hydrogens is 355 g/mol. The fourth-order valence-electron chi connectivity index (χ4n) is 2.53. The van der Waals surface area contributed by atoms with Gasteiger partial charge in [-0.3, -0.25) is 0 Å². The van der Waals surface area contributed by atoms with Gasteiger partial charge in [-0.15, -0.1) is 0 Å². The van der Waals surface area contributed by atoms with Crippen molar-refractivity contribution in [2.45, 2.75) is 20.1 Å². The number of benzene rings is 2. The molecule has 0 aliphatic heterocycles. The quantitative estimate of drug-likeness (QED) is 0.710. The van der Waals surface area contributed by atoms with Crippen molar-refractivity contribution in [1.82, 2.24) is 9.97 Å². The number of nitrogens with two attached hydrogens (primary N) is 2. The van der Waals surface area contributed by atoms with E-state index in [2.05, 4.69) is 9.97 Å². The summed E-state index contributed by atoms with van der Waals surface area (Å²) in [7, 11) is 0. The maximum atomic E-state index is 13.0. The highest BCUT2D eigenvalue weighted by molar-refractivity contribution is 6.33. The molecule has 3 rings (SSSR count). The van der Waals surface area contributed by atoms with Crippen LogP contribution >= 0.6 is 11.6 Å². The van der Waals surface area contributed by atoms with Crippen molar-refractivity contribution in [3.8, 4) is 17.0 Å². The van der Waals surface area contributed by atoms with Gasteiger partial charge in [0.05, 0.1) is 10.7 Å². The molecule has 0 aliphatic carbocycles. The summed E-state index contributed by atoms with van der Waals surface area (Å²) in [6.45, 7) is 2.22. The van der Waals surface area contributed by atoms with Gasteiger partial charge in [0.1, 0.15) is 24.0 Å². The first-order chi connectivity index (χ1) is 12.5. The Hall–Kier alpha value is -2.70. The first-order valence-corrected chi connectivity index (χ1v) is 8.36. The van der Waals surface area contributed by atoms with Crippen LogP contribution < -0.4 is 16.2 Å². The van der Waals surface area contributed by atoms with Crippen molar-refractivity contribution < 1.29 is 9.13 Å². The summed E-state index contributed by atoms with van der Waals surface area (Å²) >= 11 is 6.38. The Morgan fingerprint density at radius 2 is 1.85 bits per heavy atom. The Bertz CT molecular complexity index is 932. The molecule has 0 bridgehead atoms. The summed E-state index contributed by atoms with van der Waals surface area (Å²) in [6.07, 6.45) is 0. The lowest BCUT2D eigenvalue weighted by molar-refractivity contribution is 0.295. The van der Waals surface area contributed by atoms with E-state index in [0.29, 0.717) is 27.9 Å². The van der Waals surface area contributed by atoms with E-state index in [1.807, 2.05) is 25.1 Å². The van der Waals surface area contributed by atoms with Gasteiger partial charge in [0.15, 0.2) is 5.82 Å². The van der Waals surface area contributed by atoms with Crippen LogP contribution in [-0.4, -0.2) is 9.97 Å². The van der Waals surface area contributed by atoms with E-state index in [-0.39, 0.29) is 24.8 Å². The zero-order valence-corrected chi connectivity index (χ0v) is 14.9. The molecule has 0 aliphatic rings. The van der Waals surface area contributed by atoms with Crippen LogP contribution in [0, 0.1) is 12.7 Å². The summed E-state index contributed by atoms with van der Waals surface area (Å²) in [5, 5.41) is 0.559. The second-order valence-corrected chi connectivity index (χ2v) is 6.19. The van der Waals surface area contributed by atoms with Crippen molar-refractivity contribution in [1.29, 1.82) is 0 Å². The maximum Gasteiger partial charge on any atom is 0.168 e. The SMILES string of the molecule is Cc1ccc(-c2nc(COc3ccc(F)cc3)nc(N)c2CN)c(Cl)c1. The van der Waals surface area contributed by atoms with Gasteiger partial charge < -0.3 is 16.2 Å². The van der Waals surface area contributed by atoms with Crippen LogP contribution in [-0.2, 0) is 13.2 Å². The minimum atomic E-state index is -0.332. The Labute approximate surface area is 155 Å². The molecule has 4 N–H and O–H groups in total. The summed E-state index contributed by atoms with van der Waals surface area (Å²) in [5.74, 6) is 0.843. The van der Waals surface area contributed by atoms with E-state index in [4.69, 9.17) is 27.8 Å². The number of hydrogen-bond donors (Lipinski definition) is 2. The fraction of sp³-hybridized carbons (Fsp3) is 0.158. The molecule has 0 unspecified atom stereocenters. The number of nitrogen functional groups attached to an aromatic ring is 1. The van der Waals surface area contributed by atoms with Crippen molar-refractivity contribution in [2.24, 2.45) is 5.73 Å². The Morgan fingerprint density at radius 3 is 2.50 bits per heavy atom. The minimum Gasteiger partial charge on any atom is -0.486 e. The summed E-state index contributed by atoms with van der Waals surface area (Å²) in [5.41, 5.74) is 14.9. The van der Waals surface area contributed by atoms with Gasteiger partial charge in [-0.1, -0.05) is 23.7 Å². The zero-order valence-electron chi connectivity index (χ0n) is 14.2. The fourth-order valence-corrected chi connectivity index (χ4v) is 2.85. The van der Waals surface area contributed by atoms with Gasteiger partial charge in [-0.05, 0) is 42.8 Å². The lowest BCUT2D eigenvalue weighted by atomic mass is 10.0. The predicted molar refractivity (Wildman–Crippen MR) is 100 cm³/mol. The second-order valence-electron chi connectivity index (χ2n) is 5.78. The van der Waals surface area contributed by atoms with Crippen molar-refractivity contribution >= 4 is 17.4 Å². The lowest BCUT2D eigenvalue weighted by Crippen LogP contribution is -2.12. The molecular formula is C19H18ClFN4O. The highest BCUT2D eigenvalue weighted by Crippen LogP contribution is 2.31. The Balaban J connectivity index is 1.95. The molecule has 26 heavy (non-hydrogen) atoms. The average Bonchev–Trinajstić information content (AvgIpc) is 2.61. The molecule has 1 aromatic heterocycles. The number of nitrogens with zero attached hydrogens (tertiary/aromatic N) is 2. The number of hydrogen-bond acceptors (Lipinski definition) is 5. The first kappa shape index (κ1) is 18.1. The van der Waals surface area contributed by atoms with Crippen LogP contribution in [0.5, 0.6) is 5.75 Å². The number of aromatic nitrogens is 2. The van der Waals surface area contributed by atoms with Crippen LogP contribution in [0.1, 0.15) is 17.0 Å². The van der Waals surface area contributed by atoms with Gasteiger partial charge in [0.2, 0.25) is 0 Å². The molecule has 0 radical (unpaired) electrons. The van der Waals surface area contributed by atoms with E-state index in [1.54, 1.807) is 0 Å². The predicted octanol–water partition coefficient (Wildman–Crippen LogP) is 3.86. The molecule has 0 spiro atoms. The standard InChI is InChI=1S/C19H18ClFN4O/c1-11-2-7-14(16(20)8-11)18-15(9-22)19(23)25-17(24-18)10-26-13-5-3-12(21)4-6-13/h2-8H,9-10,22H2,1H3,(H2,23,24,25). The van der Waals surface area contributed by atoms with Gasteiger partial charge in [-0.2, -0.15) is 0 Å². The monoisotopic (exact) mass is 372 g/mol. The van der Waals surface area contributed by atoms with Crippen molar-refractivity contribution in [3.05, 3.63) is 70.3 Å². The normalized spacial score (nSPS) is 10.8. The molecule has 2 aromatic carbocycles. The first-order valence-electron chi connectivity index (χ1n) is 7.98. The largest absolute Gasteiger partial charge is 0.486 e. The molecule has 7 heteroatoms. The van der Waals surface area contributed by atoms with Gasteiger partial charge in [-0.25, -0.2) is 14.4 Å². The highest BCUT2D eigenvalue weighted by atomic mass is 35.5. The molecule has 0 amide bonds. The smallest absolute Gasteiger partial charge is 0.168 e. The molecule has 3 aromatic rings. The molecule has 1 heterocycles. The Kier molecular flexibility index (Phi) is 5.35. The van der Waals surface area contributed by atoms with Gasteiger partial charge >= 0.3 is 0 Å². The van der Waals surface area contributed by atoms with Crippen LogP contribution in [0.4, 0.5) is 10.2 Å². The molecule has 0 saturated carbocycles. The van der Waals surface area contributed by atoms with Crippen LogP contribution in [0.3, 0.4) is 0 Å². The Morgan fingerprint density at radius 1 is 1.12 bits per heavy atom. The van der Waals surface area contributed by atoms with Gasteiger partial charge in [0.25, 0.3) is 0 Å². The van der Waals surface area contributed by atoms with Crippen LogP contribution in [0.25, 0.3) is 11.3 Å². The summed E-state index contributed by atoms with van der Waals surface area (Å²) in [6, 6.07) is 11.4. The second kappa shape index (κ2) is 7.68. The number of aryl methyl sites for hydroxylation is 1. The van der Waals surface area contributed by atoms with E-state index in [9.17, 15) is 4.39 Å². The third-order valence-corrected chi connectivity index (χ3v) is 4.16. The highest BCUT2D eigenvalue weighted by Gasteiger charge is 2.16. The van der Waals surface area contributed by atoms with Crippen LogP contribution in [0.2, 0.25) is 5.02 Å². The van der Waals surface area contributed by atoms with E-state index >= 15 is 0 Å². The number of ether oxygens (including phenoxy) is 1. The lowest BCUT2D eigenvalue weighted by Gasteiger charge is -2.14. The van der Waals surface area contributed by atoms with E-state index in [0.717, 1.165) is 11.1 Å². The molecule has 0 saturated heterocycles. The maximum absolute atomic E-state index is 13.0. The van der Waals surface area contributed by atoms with Crippen LogP contribution in [0.15, 0.2) is 42.5 Å². The van der Waals surface area contributed by atoms with Crippen molar-refractivity contribution in [2.75, 3.05) is 5.73 Å². The third-order valence-electron chi connectivity index (χ3n) is 3.85. The van der Waals surface area contributed by atoms with Crippen molar-refractivity contribution in [3.63, 3.8) is 0 Å². The minimum absolute atomic E-state index is 0.0805. The molecule has 5 nitrogen and oxygen atoms in total. The van der Waals surface area contributed by atoms with Gasteiger partial charge in [0, 0.05) is 17.7 Å². The number of rotatable bonds is 5. The average molecular weight is 373 g/mol. The number of halogens is 2. The molecule has 134 valence electrons. The summed E-state index contributed by atoms with van der Waals surface area (Å²) < 4.78 is 18.6. The zero-order chi connectivity index (χ0) is 18.7. The van der Waals surface area contributed by atoms with E-state index < -0.39 is 0 Å². The topological polar surface area (TPSA) is 87.0 Å². The van der Waals surface area contributed by atoms with E-state index in [1.165, 1.54) is 24.3 Å². The third kappa shape index (κ3) is 3.92. The molecule has 0 fully saturated rings.